The zero-order chi connectivity index (χ0) is 19.2. The van der Waals surface area contributed by atoms with E-state index in [0.717, 1.165) is 31.5 Å². The van der Waals surface area contributed by atoms with Crippen LogP contribution in [0.2, 0.25) is 0 Å². The summed E-state index contributed by atoms with van der Waals surface area (Å²) in [4.78, 5) is 26.6. The Morgan fingerprint density at radius 2 is 1.89 bits per heavy atom. The van der Waals surface area contributed by atoms with Crippen molar-refractivity contribution < 1.29 is 14.0 Å². The number of furan rings is 1. The van der Waals surface area contributed by atoms with Crippen LogP contribution in [0.15, 0.2) is 41.0 Å². The maximum atomic E-state index is 12.3. The minimum atomic E-state index is -0.0873. The Labute approximate surface area is 159 Å². The number of nitrogens with one attached hydrogen (secondary N) is 2. The van der Waals surface area contributed by atoms with E-state index in [4.69, 9.17) is 4.42 Å². The fraction of sp³-hybridized carbons (Fsp3) is 0.429. The van der Waals surface area contributed by atoms with Crippen LogP contribution in [0, 0.1) is 13.8 Å². The van der Waals surface area contributed by atoms with Gasteiger partial charge in [-0.05, 0) is 43.9 Å². The average Bonchev–Trinajstić information content (AvgIpc) is 3.09. The van der Waals surface area contributed by atoms with Gasteiger partial charge in [0.1, 0.15) is 5.76 Å². The molecule has 0 bridgehead atoms. The molecule has 0 radical (unpaired) electrons. The fourth-order valence-corrected chi connectivity index (χ4v) is 3.38. The Bertz CT molecular complexity index is 791. The van der Waals surface area contributed by atoms with Crippen LogP contribution in [0.5, 0.6) is 0 Å². The lowest BCUT2D eigenvalue weighted by molar-refractivity contribution is -0.122. The molecule has 1 aliphatic heterocycles. The molecule has 1 saturated heterocycles. The minimum absolute atomic E-state index is 0.0368. The highest BCUT2D eigenvalue weighted by atomic mass is 16.3. The Balaban J connectivity index is 1.39. The first kappa shape index (κ1) is 19.2. The molecule has 6 heteroatoms. The molecular weight excluding hydrogens is 342 g/mol. The number of likely N-dealkylation sites (tertiary alicyclic amines) is 1. The number of piperidine rings is 1. The van der Waals surface area contributed by atoms with Crippen molar-refractivity contribution in [1.82, 2.24) is 15.5 Å². The normalized spacial score (nSPS) is 15.5. The third-order valence-corrected chi connectivity index (χ3v) is 5.13. The van der Waals surface area contributed by atoms with Crippen LogP contribution in [0.1, 0.15) is 40.1 Å². The van der Waals surface area contributed by atoms with Crippen LogP contribution >= 0.6 is 0 Å². The molecule has 2 N–H and O–H groups in total. The van der Waals surface area contributed by atoms with Crippen molar-refractivity contribution in [3.05, 3.63) is 59.0 Å². The topological polar surface area (TPSA) is 74.6 Å². The van der Waals surface area contributed by atoms with E-state index in [9.17, 15) is 9.59 Å². The van der Waals surface area contributed by atoms with E-state index in [-0.39, 0.29) is 17.9 Å². The van der Waals surface area contributed by atoms with E-state index in [1.165, 1.54) is 11.8 Å². The van der Waals surface area contributed by atoms with Gasteiger partial charge in [-0.15, -0.1) is 0 Å². The molecule has 0 saturated carbocycles. The highest BCUT2D eigenvalue weighted by Crippen LogP contribution is 2.13. The molecule has 2 aromatic rings. The number of carbonyl (C=O) groups excluding carboxylic acids is 2. The number of amides is 2. The quantitative estimate of drug-likeness (QED) is 0.820. The van der Waals surface area contributed by atoms with Crippen LogP contribution in [0.4, 0.5) is 0 Å². The highest BCUT2D eigenvalue weighted by molar-refractivity contribution is 5.95. The van der Waals surface area contributed by atoms with Gasteiger partial charge >= 0.3 is 0 Å². The molecule has 0 atom stereocenters. The van der Waals surface area contributed by atoms with Gasteiger partial charge in [0.15, 0.2) is 0 Å². The van der Waals surface area contributed by atoms with E-state index in [1.807, 2.05) is 31.2 Å². The molecular formula is C21H27N3O3. The second kappa shape index (κ2) is 8.86. The third kappa shape index (κ3) is 5.20. The Morgan fingerprint density at radius 3 is 2.56 bits per heavy atom. The summed E-state index contributed by atoms with van der Waals surface area (Å²) >= 11 is 0. The maximum absolute atomic E-state index is 12.3. The average molecular weight is 369 g/mol. The summed E-state index contributed by atoms with van der Waals surface area (Å²) in [5.41, 5.74) is 2.91. The lowest BCUT2D eigenvalue weighted by Gasteiger charge is -2.31. The summed E-state index contributed by atoms with van der Waals surface area (Å²) in [6.07, 6.45) is 3.21. The van der Waals surface area contributed by atoms with Gasteiger partial charge in [0.2, 0.25) is 5.91 Å². The van der Waals surface area contributed by atoms with Gasteiger partial charge in [0, 0.05) is 25.7 Å². The fourth-order valence-electron chi connectivity index (χ4n) is 3.38. The Hall–Kier alpha value is -2.60. The lowest BCUT2D eigenvalue weighted by Crippen LogP contribution is -2.47. The number of hydrogen-bond donors (Lipinski definition) is 2. The standard InChI is InChI=1S/C21H27N3O3/c1-15-5-3-4-6-17(15)13-22-20(25)14-24-10-7-18(8-11-24)23-21(26)19-9-12-27-16(19)2/h3-6,9,12,18H,7-8,10-11,13-14H2,1-2H3,(H,22,25)(H,23,26). The van der Waals surface area contributed by atoms with Crippen LogP contribution in [0.3, 0.4) is 0 Å². The van der Waals surface area contributed by atoms with Gasteiger partial charge in [-0.1, -0.05) is 24.3 Å². The van der Waals surface area contributed by atoms with Gasteiger partial charge in [0.25, 0.3) is 5.91 Å². The summed E-state index contributed by atoms with van der Waals surface area (Å²) in [6.45, 7) is 6.38. The number of benzene rings is 1. The lowest BCUT2D eigenvalue weighted by atomic mass is 10.0. The second-order valence-corrected chi connectivity index (χ2v) is 7.12. The zero-order valence-corrected chi connectivity index (χ0v) is 16.0. The molecule has 0 unspecified atom stereocenters. The third-order valence-electron chi connectivity index (χ3n) is 5.13. The van der Waals surface area contributed by atoms with Gasteiger partial charge < -0.3 is 15.1 Å². The minimum Gasteiger partial charge on any atom is -0.469 e. The van der Waals surface area contributed by atoms with Crippen molar-refractivity contribution in [3.63, 3.8) is 0 Å². The first-order valence-corrected chi connectivity index (χ1v) is 9.41. The van der Waals surface area contributed by atoms with Crippen LogP contribution in [0.25, 0.3) is 0 Å². The molecule has 3 rings (SSSR count). The number of hydrogen-bond acceptors (Lipinski definition) is 4. The first-order chi connectivity index (χ1) is 13.0. The molecule has 2 amide bonds. The Kier molecular flexibility index (Phi) is 6.29. The molecule has 1 fully saturated rings. The summed E-state index contributed by atoms with van der Waals surface area (Å²) in [7, 11) is 0. The maximum Gasteiger partial charge on any atom is 0.255 e. The van der Waals surface area contributed by atoms with Crippen LogP contribution < -0.4 is 10.6 Å². The van der Waals surface area contributed by atoms with Crippen molar-refractivity contribution in [3.8, 4) is 0 Å². The van der Waals surface area contributed by atoms with Crippen molar-refractivity contribution >= 4 is 11.8 Å². The molecule has 27 heavy (non-hydrogen) atoms. The molecule has 6 nitrogen and oxygen atoms in total. The van der Waals surface area contributed by atoms with Gasteiger partial charge in [-0.25, -0.2) is 0 Å². The molecule has 1 aliphatic rings. The number of nitrogens with zero attached hydrogens (tertiary/aromatic N) is 1. The molecule has 2 heterocycles. The van der Waals surface area contributed by atoms with Crippen molar-refractivity contribution in [1.29, 1.82) is 0 Å². The molecule has 144 valence electrons. The van der Waals surface area contributed by atoms with Crippen molar-refractivity contribution in [2.45, 2.75) is 39.3 Å². The zero-order valence-electron chi connectivity index (χ0n) is 16.0. The van der Waals surface area contributed by atoms with Crippen LogP contribution in [-0.2, 0) is 11.3 Å². The van der Waals surface area contributed by atoms with Gasteiger partial charge in [-0.3, -0.25) is 14.5 Å². The molecule has 0 spiro atoms. The highest BCUT2D eigenvalue weighted by Gasteiger charge is 2.23. The molecule has 1 aromatic carbocycles. The summed E-state index contributed by atoms with van der Waals surface area (Å²) in [5.74, 6) is 0.584. The number of rotatable bonds is 6. The van der Waals surface area contributed by atoms with E-state index >= 15 is 0 Å². The van der Waals surface area contributed by atoms with E-state index in [0.29, 0.717) is 24.4 Å². The second-order valence-electron chi connectivity index (χ2n) is 7.12. The molecule has 1 aromatic heterocycles. The van der Waals surface area contributed by atoms with Crippen molar-refractivity contribution in [2.75, 3.05) is 19.6 Å². The van der Waals surface area contributed by atoms with E-state index in [2.05, 4.69) is 15.5 Å². The monoisotopic (exact) mass is 369 g/mol. The SMILES string of the molecule is Cc1ccccc1CNC(=O)CN1CCC(NC(=O)c2ccoc2C)CC1. The number of aryl methyl sites for hydroxylation is 2. The predicted octanol–water partition coefficient (Wildman–Crippen LogP) is 2.41. The van der Waals surface area contributed by atoms with E-state index < -0.39 is 0 Å². The first-order valence-electron chi connectivity index (χ1n) is 9.41. The van der Waals surface area contributed by atoms with Crippen LogP contribution in [-0.4, -0.2) is 42.4 Å². The van der Waals surface area contributed by atoms with Gasteiger partial charge in [0.05, 0.1) is 18.4 Å². The van der Waals surface area contributed by atoms with Gasteiger partial charge in [-0.2, -0.15) is 0 Å². The number of carbonyl (C=O) groups is 2. The largest absolute Gasteiger partial charge is 0.469 e. The summed E-state index contributed by atoms with van der Waals surface area (Å²) in [6, 6.07) is 9.89. The molecule has 0 aliphatic carbocycles. The predicted molar refractivity (Wildman–Crippen MR) is 103 cm³/mol. The summed E-state index contributed by atoms with van der Waals surface area (Å²) < 4.78 is 5.18. The Morgan fingerprint density at radius 1 is 1.15 bits per heavy atom. The smallest absolute Gasteiger partial charge is 0.255 e. The van der Waals surface area contributed by atoms with E-state index in [1.54, 1.807) is 13.0 Å². The summed E-state index contributed by atoms with van der Waals surface area (Å²) in [5, 5.41) is 6.06. The van der Waals surface area contributed by atoms with Crippen molar-refractivity contribution in [2.24, 2.45) is 0 Å².